The number of halogens is 1. The Hall–Kier alpha value is -3.09. The molecule has 6 nitrogen and oxygen atoms in total. The number of aromatic nitrogens is 1. The van der Waals surface area contributed by atoms with Crippen molar-refractivity contribution in [3.63, 3.8) is 0 Å². The first-order valence-corrected chi connectivity index (χ1v) is 9.91. The largest absolute Gasteiger partial charge is 0.354 e. The molecule has 0 spiro atoms. The SMILES string of the molecule is O=C(Nc1ccc(Cl)c(Nc2ccccc2)c1)c1ccc(N2CCNCC2)nc1. The average Bonchev–Trinajstić information content (AvgIpc) is 2.77. The second-order valence-electron chi connectivity index (χ2n) is 6.78. The molecule has 29 heavy (non-hydrogen) atoms. The standard InChI is InChI=1S/C22H22ClN5O/c23-19-8-7-18(14-20(19)26-17-4-2-1-3-5-17)27-22(29)16-6-9-21(25-15-16)28-12-10-24-11-13-28/h1-9,14-15,24,26H,10-13H2,(H,27,29). The molecule has 1 aliphatic rings. The number of rotatable bonds is 5. The van der Waals surface area contributed by atoms with E-state index in [0.29, 0.717) is 16.3 Å². The first-order valence-electron chi connectivity index (χ1n) is 9.54. The van der Waals surface area contributed by atoms with Gasteiger partial charge in [-0.15, -0.1) is 0 Å². The van der Waals surface area contributed by atoms with Crippen molar-refractivity contribution in [2.45, 2.75) is 0 Å². The van der Waals surface area contributed by atoms with E-state index in [-0.39, 0.29) is 5.91 Å². The van der Waals surface area contributed by atoms with E-state index in [1.807, 2.05) is 42.5 Å². The van der Waals surface area contributed by atoms with Gasteiger partial charge >= 0.3 is 0 Å². The van der Waals surface area contributed by atoms with Crippen molar-refractivity contribution in [3.05, 3.63) is 77.4 Å². The number of benzene rings is 2. The molecule has 0 bridgehead atoms. The fraction of sp³-hybridized carbons (Fsp3) is 0.182. The predicted molar refractivity (Wildman–Crippen MR) is 118 cm³/mol. The number of nitrogens with zero attached hydrogens (tertiary/aromatic N) is 2. The molecule has 1 saturated heterocycles. The van der Waals surface area contributed by atoms with E-state index in [4.69, 9.17) is 11.6 Å². The summed E-state index contributed by atoms with van der Waals surface area (Å²) in [5, 5.41) is 10.1. The summed E-state index contributed by atoms with van der Waals surface area (Å²) in [4.78, 5) is 19.3. The molecule has 7 heteroatoms. The normalized spacial score (nSPS) is 13.8. The number of pyridine rings is 1. The molecule has 2 aromatic carbocycles. The Balaban J connectivity index is 1.44. The Morgan fingerprint density at radius 1 is 1.00 bits per heavy atom. The van der Waals surface area contributed by atoms with Gasteiger partial charge in [-0.1, -0.05) is 29.8 Å². The van der Waals surface area contributed by atoms with E-state index >= 15 is 0 Å². The van der Waals surface area contributed by atoms with Crippen molar-refractivity contribution in [1.82, 2.24) is 10.3 Å². The zero-order valence-electron chi connectivity index (χ0n) is 15.9. The number of anilines is 4. The third-order valence-corrected chi connectivity index (χ3v) is 5.06. The molecule has 2 heterocycles. The number of nitrogens with one attached hydrogen (secondary N) is 3. The lowest BCUT2D eigenvalue weighted by Gasteiger charge is -2.28. The van der Waals surface area contributed by atoms with Gasteiger partial charge in [0.1, 0.15) is 5.82 Å². The monoisotopic (exact) mass is 407 g/mol. The number of hydrogen-bond acceptors (Lipinski definition) is 5. The maximum absolute atomic E-state index is 12.6. The first-order chi connectivity index (χ1) is 14.2. The van der Waals surface area contributed by atoms with Crippen LogP contribution in [0.15, 0.2) is 66.9 Å². The predicted octanol–water partition coefficient (Wildman–Crippen LogP) is 4.14. The molecule has 4 rings (SSSR count). The van der Waals surface area contributed by atoms with Crippen LogP contribution in [0.25, 0.3) is 0 Å². The van der Waals surface area contributed by atoms with Gasteiger partial charge in [-0.05, 0) is 42.5 Å². The summed E-state index contributed by atoms with van der Waals surface area (Å²) in [6, 6.07) is 18.8. The zero-order valence-corrected chi connectivity index (χ0v) is 16.6. The smallest absolute Gasteiger partial charge is 0.257 e. The van der Waals surface area contributed by atoms with Gasteiger partial charge in [-0.3, -0.25) is 4.79 Å². The van der Waals surface area contributed by atoms with Crippen molar-refractivity contribution in [2.75, 3.05) is 41.7 Å². The van der Waals surface area contributed by atoms with E-state index in [9.17, 15) is 4.79 Å². The minimum atomic E-state index is -0.211. The van der Waals surface area contributed by atoms with Crippen LogP contribution >= 0.6 is 11.6 Å². The summed E-state index contributed by atoms with van der Waals surface area (Å²) >= 11 is 6.30. The molecule has 3 aromatic rings. The highest BCUT2D eigenvalue weighted by molar-refractivity contribution is 6.33. The number of hydrogen-bond donors (Lipinski definition) is 3. The van der Waals surface area contributed by atoms with Crippen LogP contribution in [0.2, 0.25) is 5.02 Å². The maximum Gasteiger partial charge on any atom is 0.257 e. The Kier molecular flexibility index (Phi) is 5.93. The Labute approximate surface area is 174 Å². The van der Waals surface area contributed by atoms with E-state index in [1.165, 1.54) is 0 Å². The molecule has 1 aromatic heterocycles. The third kappa shape index (κ3) is 4.85. The second-order valence-corrected chi connectivity index (χ2v) is 7.19. The number of carbonyl (C=O) groups is 1. The third-order valence-electron chi connectivity index (χ3n) is 4.73. The molecule has 0 atom stereocenters. The summed E-state index contributed by atoms with van der Waals surface area (Å²) in [7, 11) is 0. The minimum Gasteiger partial charge on any atom is -0.354 e. The average molecular weight is 408 g/mol. The van der Waals surface area contributed by atoms with Crippen LogP contribution in [-0.4, -0.2) is 37.1 Å². The number of piperazine rings is 1. The Morgan fingerprint density at radius 3 is 2.52 bits per heavy atom. The van der Waals surface area contributed by atoms with Crippen LogP contribution < -0.4 is 20.9 Å². The fourth-order valence-electron chi connectivity index (χ4n) is 3.18. The Morgan fingerprint density at radius 2 is 1.79 bits per heavy atom. The van der Waals surface area contributed by atoms with Crippen LogP contribution in [0.4, 0.5) is 22.9 Å². The van der Waals surface area contributed by atoms with E-state index < -0.39 is 0 Å². The maximum atomic E-state index is 12.6. The van der Waals surface area contributed by atoms with Crippen LogP contribution in [-0.2, 0) is 0 Å². The lowest BCUT2D eigenvalue weighted by Crippen LogP contribution is -2.43. The van der Waals surface area contributed by atoms with Gasteiger partial charge in [0.2, 0.25) is 0 Å². The van der Waals surface area contributed by atoms with E-state index in [0.717, 1.165) is 43.4 Å². The number of para-hydroxylation sites is 1. The van der Waals surface area contributed by atoms with Crippen LogP contribution in [0.5, 0.6) is 0 Å². The van der Waals surface area contributed by atoms with Crippen molar-refractivity contribution < 1.29 is 4.79 Å². The molecule has 1 amide bonds. The zero-order chi connectivity index (χ0) is 20.1. The van der Waals surface area contributed by atoms with Gasteiger partial charge in [-0.25, -0.2) is 4.98 Å². The van der Waals surface area contributed by atoms with Crippen molar-refractivity contribution in [3.8, 4) is 0 Å². The minimum absolute atomic E-state index is 0.211. The van der Waals surface area contributed by atoms with Crippen LogP contribution in [0.1, 0.15) is 10.4 Å². The highest BCUT2D eigenvalue weighted by Crippen LogP contribution is 2.28. The van der Waals surface area contributed by atoms with Crippen molar-refractivity contribution >= 4 is 40.4 Å². The summed E-state index contributed by atoms with van der Waals surface area (Å²) in [5.41, 5.74) is 2.81. The summed E-state index contributed by atoms with van der Waals surface area (Å²) in [5.74, 6) is 0.682. The van der Waals surface area contributed by atoms with Crippen molar-refractivity contribution in [1.29, 1.82) is 0 Å². The highest BCUT2D eigenvalue weighted by Gasteiger charge is 2.13. The topological polar surface area (TPSA) is 69.3 Å². The Bertz CT molecular complexity index is 972. The van der Waals surface area contributed by atoms with Gasteiger partial charge in [-0.2, -0.15) is 0 Å². The molecule has 3 N–H and O–H groups in total. The molecule has 1 fully saturated rings. The van der Waals surface area contributed by atoms with Gasteiger partial charge < -0.3 is 20.9 Å². The molecule has 0 saturated carbocycles. The first kappa shape index (κ1) is 19.2. The summed E-state index contributed by atoms with van der Waals surface area (Å²) in [6.07, 6.45) is 1.62. The molecule has 0 radical (unpaired) electrons. The number of carbonyl (C=O) groups excluding carboxylic acids is 1. The molecular formula is C22H22ClN5O. The number of amides is 1. The van der Waals surface area contributed by atoms with Crippen LogP contribution in [0, 0.1) is 0 Å². The lowest BCUT2D eigenvalue weighted by atomic mass is 10.2. The summed E-state index contributed by atoms with van der Waals surface area (Å²) in [6.45, 7) is 3.72. The quantitative estimate of drug-likeness (QED) is 0.593. The van der Waals surface area contributed by atoms with E-state index in [2.05, 4.69) is 25.8 Å². The lowest BCUT2D eigenvalue weighted by molar-refractivity contribution is 0.102. The molecule has 0 unspecified atom stereocenters. The van der Waals surface area contributed by atoms with Gasteiger partial charge in [0, 0.05) is 43.8 Å². The van der Waals surface area contributed by atoms with Gasteiger partial charge in [0.25, 0.3) is 5.91 Å². The van der Waals surface area contributed by atoms with Crippen molar-refractivity contribution in [2.24, 2.45) is 0 Å². The highest BCUT2D eigenvalue weighted by atomic mass is 35.5. The second kappa shape index (κ2) is 8.94. The molecule has 148 valence electrons. The molecule has 0 aliphatic carbocycles. The van der Waals surface area contributed by atoms with Gasteiger partial charge in [0.05, 0.1) is 16.3 Å². The van der Waals surface area contributed by atoms with Gasteiger partial charge in [0.15, 0.2) is 0 Å². The van der Waals surface area contributed by atoms with Crippen LogP contribution in [0.3, 0.4) is 0 Å². The fourth-order valence-corrected chi connectivity index (χ4v) is 3.35. The summed E-state index contributed by atoms with van der Waals surface area (Å²) < 4.78 is 0. The molecule has 1 aliphatic heterocycles. The van der Waals surface area contributed by atoms with E-state index in [1.54, 1.807) is 24.4 Å². The molecular weight excluding hydrogens is 386 g/mol.